The van der Waals surface area contributed by atoms with Crippen molar-refractivity contribution in [2.75, 3.05) is 13.7 Å². The van der Waals surface area contributed by atoms with Crippen LogP contribution in [0.15, 0.2) is 66.7 Å². The van der Waals surface area contributed by atoms with Crippen molar-refractivity contribution in [2.24, 2.45) is 0 Å². The fourth-order valence-electron chi connectivity index (χ4n) is 3.65. The van der Waals surface area contributed by atoms with E-state index in [1.54, 1.807) is 25.1 Å². The van der Waals surface area contributed by atoms with E-state index in [9.17, 15) is 18.0 Å². The molecule has 3 aromatic carbocycles. The summed E-state index contributed by atoms with van der Waals surface area (Å²) in [6, 6.07) is 19.7. The summed E-state index contributed by atoms with van der Waals surface area (Å²) < 4.78 is 51.4. The molecule has 0 bridgehead atoms. The van der Waals surface area contributed by atoms with Crippen molar-refractivity contribution in [3.63, 3.8) is 0 Å². The first-order valence-electron chi connectivity index (χ1n) is 11.0. The van der Waals surface area contributed by atoms with Crippen LogP contribution in [0.5, 0.6) is 5.75 Å². The van der Waals surface area contributed by atoms with Crippen molar-refractivity contribution in [1.29, 1.82) is 5.26 Å². The third-order valence-corrected chi connectivity index (χ3v) is 5.48. The van der Waals surface area contributed by atoms with Gasteiger partial charge >= 0.3 is 12.3 Å². The summed E-state index contributed by atoms with van der Waals surface area (Å²) in [6.07, 6.45) is -5.05. The predicted molar refractivity (Wildman–Crippen MR) is 125 cm³/mol. The molecule has 35 heavy (non-hydrogen) atoms. The van der Waals surface area contributed by atoms with Crippen LogP contribution in [-0.4, -0.2) is 24.6 Å². The van der Waals surface area contributed by atoms with Gasteiger partial charge in [0.2, 0.25) is 0 Å². The molecule has 0 unspecified atom stereocenters. The number of nitrogens with zero attached hydrogens (tertiary/aromatic N) is 2. The number of methoxy groups -OCH3 is 1. The minimum atomic E-state index is -4.55. The Morgan fingerprint density at radius 2 is 1.74 bits per heavy atom. The molecule has 0 saturated carbocycles. The van der Waals surface area contributed by atoms with Gasteiger partial charge in [-0.1, -0.05) is 42.5 Å². The van der Waals surface area contributed by atoms with Gasteiger partial charge in [0.25, 0.3) is 0 Å². The van der Waals surface area contributed by atoms with Crippen LogP contribution in [0.2, 0.25) is 0 Å². The number of nitriles is 1. The Kier molecular flexibility index (Phi) is 8.37. The lowest BCUT2D eigenvalue weighted by atomic mass is 9.94. The molecule has 0 aliphatic heterocycles. The van der Waals surface area contributed by atoms with Gasteiger partial charge in [-0.2, -0.15) is 18.4 Å². The number of benzene rings is 3. The Morgan fingerprint density at radius 3 is 2.37 bits per heavy atom. The van der Waals surface area contributed by atoms with Gasteiger partial charge in [0.05, 0.1) is 25.2 Å². The molecule has 3 aromatic rings. The average Bonchev–Trinajstić information content (AvgIpc) is 2.86. The molecule has 3 rings (SSSR count). The quantitative estimate of drug-likeness (QED) is 0.363. The SMILES string of the molecule is CCN(Cc1cc(C(F)(F)F)ccc1-c1cc(CC#N)ccc1OC)C(=O)OCc1ccccc1. The minimum Gasteiger partial charge on any atom is -0.496 e. The monoisotopic (exact) mass is 482 g/mol. The smallest absolute Gasteiger partial charge is 0.416 e. The maximum Gasteiger partial charge on any atom is 0.416 e. The second kappa shape index (κ2) is 11.4. The van der Waals surface area contributed by atoms with E-state index in [-0.39, 0.29) is 31.7 Å². The lowest BCUT2D eigenvalue weighted by Crippen LogP contribution is -2.31. The molecule has 0 saturated heterocycles. The second-order valence-electron chi connectivity index (χ2n) is 7.79. The number of hydrogen-bond acceptors (Lipinski definition) is 4. The van der Waals surface area contributed by atoms with Crippen molar-refractivity contribution in [2.45, 2.75) is 32.7 Å². The highest BCUT2D eigenvalue weighted by Crippen LogP contribution is 2.38. The van der Waals surface area contributed by atoms with Gasteiger partial charge in [0, 0.05) is 18.7 Å². The molecule has 182 valence electrons. The molecule has 0 atom stereocenters. The number of hydrogen-bond donors (Lipinski definition) is 0. The van der Waals surface area contributed by atoms with Gasteiger partial charge in [-0.25, -0.2) is 4.79 Å². The van der Waals surface area contributed by atoms with E-state index in [1.165, 1.54) is 18.1 Å². The van der Waals surface area contributed by atoms with Gasteiger partial charge in [-0.05, 0) is 53.4 Å². The number of carbonyl (C=O) groups is 1. The number of ether oxygens (including phenoxy) is 2. The van der Waals surface area contributed by atoms with E-state index in [4.69, 9.17) is 14.7 Å². The van der Waals surface area contributed by atoms with Crippen LogP contribution in [0, 0.1) is 11.3 Å². The van der Waals surface area contributed by atoms with E-state index in [1.807, 2.05) is 30.3 Å². The van der Waals surface area contributed by atoms with Crippen LogP contribution < -0.4 is 4.74 Å². The molecule has 0 spiro atoms. The van der Waals surface area contributed by atoms with E-state index in [0.717, 1.165) is 17.7 Å². The Labute approximate surface area is 202 Å². The molecule has 8 heteroatoms. The van der Waals surface area contributed by atoms with Gasteiger partial charge in [0.15, 0.2) is 0 Å². The first kappa shape index (κ1) is 25.6. The first-order chi connectivity index (χ1) is 16.8. The summed E-state index contributed by atoms with van der Waals surface area (Å²) in [5.41, 5.74) is 1.98. The Hall–Kier alpha value is -3.99. The van der Waals surface area contributed by atoms with Gasteiger partial charge in [0.1, 0.15) is 12.4 Å². The molecular formula is C27H25F3N2O3. The summed E-state index contributed by atoms with van der Waals surface area (Å²) in [4.78, 5) is 14.1. The molecule has 0 aliphatic rings. The maximum absolute atomic E-state index is 13.5. The normalized spacial score (nSPS) is 11.0. The van der Waals surface area contributed by atoms with Crippen molar-refractivity contribution in [3.05, 3.63) is 89.0 Å². The summed E-state index contributed by atoms with van der Waals surface area (Å²) in [6.45, 7) is 1.91. The van der Waals surface area contributed by atoms with Gasteiger partial charge < -0.3 is 14.4 Å². The zero-order valence-electron chi connectivity index (χ0n) is 19.4. The third kappa shape index (κ3) is 6.54. The highest BCUT2D eigenvalue weighted by molar-refractivity contribution is 5.75. The lowest BCUT2D eigenvalue weighted by molar-refractivity contribution is -0.137. The fourth-order valence-corrected chi connectivity index (χ4v) is 3.65. The summed E-state index contributed by atoms with van der Waals surface area (Å²) in [5.74, 6) is 0.447. The average molecular weight is 483 g/mol. The fraction of sp³-hybridized carbons (Fsp3) is 0.259. The summed E-state index contributed by atoms with van der Waals surface area (Å²) in [5, 5.41) is 9.07. The Bertz CT molecular complexity index is 1200. The number of alkyl halides is 3. The van der Waals surface area contributed by atoms with Crippen LogP contribution in [-0.2, 0) is 30.5 Å². The summed E-state index contributed by atoms with van der Waals surface area (Å²) >= 11 is 0. The second-order valence-corrected chi connectivity index (χ2v) is 7.79. The van der Waals surface area contributed by atoms with Crippen LogP contribution in [0.1, 0.15) is 29.2 Å². The molecular weight excluding hydrogens is 457 g/mol. The topological polar surface area (TPSA) is 62.6 Å². The summed E-state index contributed by atoms with van der Waals surface area (Å²) in [7, 11) is 1.46. The molecule has 1 amide bonds. The molecule has 0 N–H and O–H groups in total. The Balaban J connectivity index is 1.98. The third-order valence-electron chi connectivity index (χ3n) is 5.48. The van der Waals surface area contributed by atoms with Crippen molar-refractivity contribution in [3.8, 4) is 22.9 Å². The van der Waals surface area contributed by atoms with E-state index >= 15 is 0 Å². The van der Waals surface area contributed by atoms with Gasteiger partial charge in [-0.15, -0.1) is 0 Å². The van der Waals surface area contributed by atoms with Crippen LogP contribution in [0.4, 0.5) is 18.0 Å². The zero-order valence-corrected chi connectivity index (χ0v) is 19.4. The zero-order chi connectivity index (χ0) is 25.4. The molecule has 0 radical (unpaired) electrons. The molecule has 5 nitrogen and oxygen atoms in total. The Morgan fingerprint density at radius 1 is 1.00 bits per heavy atom. The van der Waals surface area contributed by atoms with Gasteiger partial charge in [-0.3, -0.25) is 0 Å². The van der Waals surface area contributed by atoms with Crippen molar-refractivity contribution < 1.29 is 27.4 Å². The molecule has 0 fully saturated rings. The van der Waals surface area contributed by atoms with Crippen LogP contribution >= 0.6 is 0 Å². The highest BCUT2D eigenvalue weighted by Gasteiger charge is 2.31. The lowest BCUT2D eigenvalue weighted by Gasteiger charge is -2.23. The van der Waals surface area contributed by atoms with Crippen molar-refractivity contribution >= 4 is 6.09 Å². The van der Waals surface area contributed by atoms with Crippen molar-refractivity contribution in [1.82, 2.24) is 4.90 Å². The standard InChI is InChI=1S/C27H25F3N2O3/c1-3-32(26(33)35-18-20-7-5-4-6-8-20)17-21-16-22(27(28,29)30)10-11-23(21)24-15-19(13-14-31)9-12-25(24)34-2/h4-12,15-16H,3,13,17-18H2,1-2H3. The maximum atomic E-state index is 13.5. The van der Waals surface area contributed by atoms with E-state index in [2.05, 4.69) is 6.07 Å². The minimum absolute atomic E-state index is 0.0512. The predicted octanol–water partition coefficient (Wildman–Crippen LogP) is 6.61. The van der Waals surface area contributed by atoms with Crippen LogP contribution in [0.25, 0.3) is 11.1 Å². The number of carbonyl (C=O) groups excluding carboxylic acids is 1. The van der Waals surface area contributed by atoms with Crippen LogP contribution in [0.3, 0.4) is 0 Å². The molecule has 0 aliphatic carbocycles. The number of rotatable bonds is 8. The van der Waals surface area contributed by atoms with E-state index in [0.29, 0.717) is 22.4 Å². The highest BCUT2D eigenvalue weighted by atomic mass is 19.4. The number of amides is 1. The first-order valence-corrected chi connectivity index (χ1v) is 11.0. The number of halogens is 3. The molecule has 0 aromatic heterocycles. The van der Waals surface area contributed by atoms with E-state index < -0.39 is 17.8 Å². The molecule has 0 heterocycles. The largest absolute Gasteiger partial charge is 0.496 e.